The van der Waals surface area contributed by atoms with Gasteiger partial charge in [-0.05, 0) is 30.9 Å². The summed E-state index contributed by atoms with van der Waals surface area (Å²) in [5.41, 5.74) is 3.19. The Balaban J connectivity index is 2.29. The molecule has 2 rings (SSSR count). The average Bonchev–Trinajstić information content (AvgIpc) is 2.73. The maximum atomic E-state index is 4.99. The van der Waals surface area contributed by atoms with E-state index in [2.05, 4.69) is 35.9 Å². The van der Waals surface area contributed by atoms with E-state index in [0.29, 0.717) is 11.8 Å². The molecule has 2 aromatic heterocycles. The van der Waals surface area contributed by atoms with Gasteiger partial charge in [-0.15, -0.1) is 0 Å². The predicted octanol–water partition coefficient (Wildman–Crippen LogP) is 2.64. The molecule has 0 fully saturated rings. The molecule has 2 aromatic rings. The van der Waals surface area contributed by atoms with Crippen molar-refractivity contribution in [1.82, 2.24) is 15.1 Å². The smallest absolute Gasteiger partial charge is 0.259 e. The summed E-state index contributed by atoms with van der Waals surface area (Å²) in [4.78, 5) is 8.45. The molecule has 2 heterocycles. The van der Waals surface area contributed by atoms with Crippen LogP contribution in [0.2, 0.25) is 0 Å². The van der Waals surface area contributed by atoms with Gasteiger partial charge in [-0.25, -0.2) is 0 Å². The van der Waals surface area contributed by atoms with Gasteiger partial charge in [-0.2, -0.15) is 4.98 Å². The monoisotopic (exact) mass is 217 g/mol. The fourth-order valence-electron chi connectivity index (χ4n) is 1.62. The van der Waals surface area contributed by atoms with Crippen molar-refractivity contribution in [2.45, 2.75) is 27.2 Å². The van der Waals surface area contributed by atoms with E-state index >= 15 is 0 Å². The van der Waals surface area contributed by atoms with Crippen LogP contribution in [0.25, 0.3) is 11.5 Å². The largest absolute Gasteiger partial charge is 0.334 e. The lowest BCUT2D eigenvalue weighted by atomic mass is 10.0. The van der Waals surface area contributed by atoms with Crippen molar-refractivity contribution in [3.8, 4) is 11.5 Å². The van der Waals surface area contributed by atoms with E-state index < -0.39 is 0 Å². The van der Waals surface area contributed by atoms with Crippen molar-refractivity contribution in [2.24, 2.45) is 5.92 Å². The van der Waals surface area contributed by atoms with Crippen LogP contribution in [-0.2, 0) is 6.42 Å². The third-order valence-corrected chi connectivity index (χ3v) is 2.40. The number of nitrogens with zero attached hydrogens (tertiary/aromatic N) is 3. The van der Waals surface area contributed by atoms with Crippen LogP contribution in [0.5, 0.6) is 0 Å². The Hall–Kier alpha value is -1.71. The lowest BCUT2D eigenvalue weighted by Crippen LogP contribution is -2.00. The fourth-order valence-corrected chi connectivity index (χ4v) is 1.62. The van der Waals surface area contributed by atoms with Crippen molar-refractivity contribution in [3.05, 3.63) is 29.8 Å². The molecule has 0 aromatic carbocycles. The molecule has 0 bridgehead atoms. The molecular weight excluding hydrogens is 202 g/mol. The molecule has 0 aliphatic rings. The topological polar surface area (TPSA) is 51.8 Å². The Labute approximate surface area is 94.7 Å². The maximum Gasteiger partial charge on any atom is 0.259 e. The average molecular weight is 217 g/mol. The molecule has 0 unspecified atom stereocenters. The summed E-state index contributed by atoms with van der Waals surface area (Å²) in [5, 5.41) is 3.59. The van der Waals surface area contributed by atoms with Crippen molar-refractivity contribution in [2.75, 3.05) is 0 Å². The zero-order valence-corrected chi connectivity index (χ0v) is 9.77. The second-order valence-corrected chi connectivity index (χ2v) is 4.33. The third kappa shape index (κ3) is 2.27. The van der Waals surface area contributed by atoms with Crippen molar-refractivity contribution in [1.29, 1.82) is 0 Å². The quantitative estimate of drug-likeness (QED) is 0.793. The lowest BCUT2D eigenvalue weighted by Gasteiger charge is -2.07. The van der Waals surface area contributed by atoms with Crippen molar-refractivity contribution < 1.29 is 4.52 Å². The van der Waals surface area contributed by atoms with E-state index in [1.165, 1.54) is 11.9 Å². The Kier molecular flexibility index (Phi) is 2.99. The number of aromatic nitrogens is 3. The number of rotatable bonds is 3. The van der Waals surface area contributed by atoms with Gasteiger partial charge in [-0.1, -0.05) is 19.0 Å². The molecule has 0 N–H and O–H groups in total. The zero-order chi connectivity index (χ0) is 11.5. The van der Waals surface area contributed by atoms with E-state index in [4.69, 9.17) is 4.52 Å². The van der Waals surface area contributed by atoms with Gasteiger partial charge in [-0.3, -0.25) is 4.98 Å². The Morgan fingerprint density at radius 2 is 2.12 bits per heavy atom. The van der Waals surface area contributed by atoms with Crippen LogP contribution in [0.4, 0.5) is 0 Å². The molecule has 0 aliphatic carbocycles. The highest BCUT2D eigenvalue weighted by atomic mass is 16.5. The van der Waals surface area contributed by atoms with E-state index in [1.54, 1.807) is 6.20 Å². The van der Waals surface area contributed by atoms with Gasteiger partial charge in [0.2, 0.25) is 0 Å². The first kappa shape index (κ1) is 10.8. The molecule has 0 saturated carbocycles. The first-order valence-corrected chi connectivity index (χ1v) is 5.39. The van der Waals surface area contributed by atoms with Crippen LogP contribution < -0.4 is 0 Å². The third-order valence-electron chi connectivity index (χ3n) is 2.40. The number of hydrogen-bond donors (Lipinski definition) is 0. The first-order chi connectivity index (χ1) is 7.66. The summed E-state index contributed by atoms with van der Waals surface area (Å²) in [6, 6.07) is 2.04. The molecule has 4 nitrogen and oxygen atoms in total. The minimum atomic E-state index is 0.520. The summed E-state index contributed by atoms with van der Waals surface area (Å²) in [6.07, 6.45) is 4.18. The van der Waals surface area contributed by atoms with Gasteiger partial charge in [0.15, 0.2) is 6.33 Å². The van der Waals surface area contributed by atoms with Crippen molar-refractivity contribution in [3.63, 3.8) is 0 Å². The zero-order valence-electron chi connectivity index (χ0n) is 9.77. The second kappa shape index (κ2) is 4.43. The Morgan fingerprint density at radius 3 is 2.69 bits per heavy atom. The number of pyridine rings is 1. The van der Waals surface area contributed by atoms with Crippen LogP contribution in [0.1, 0.15) is 25.1 Å². The number of hydrogen-bond acceptors (Lipinski definition) is 4. The lowest BCUT2D eigenvalue weighted by molar-refractivity contribution is 0.430. The SMILES string of the molecule is Cc1cc(-c2ncno2)cnc1CC(C)C. The highest BCUT2D eigenvalue weighted by Gasteiger charge is 2.08. The van der Waals surface area contributed by atoms with Gasteiger partial charge < -0.3 is 4.52 Å². The predicted molar refractivity (Wildman–Crippen MR) is 60.8 cm³/mol. The van der Waals surface area contributed by atoms with Crippen LogP contribution >= 0.6 is 0 Å². The molecule has 0 saturated heterocycles. The maximum absolute atomic E-state index is 4.99. The molecule has 84 valence electrons. The summed E-state index contributed by atoms with van der Waals surface area (Å²) in [5.74, 6) is 1.13. The molecule has 0 spiro atoms. The van der Waals surface area contributed by atoms with Gasteiger partial charge in [0.1, 0.15) is 0 Å². The molecule has 0 radical (unpaired) electrons. The van der Waals surface area contributed by atoms with Gasteiger partial charge >= 0.3 is 0 Å². The summed E-state index contributed by atoms with van der Waals surface area (Å²) >= 11 is 0. The van der Waals surface area contributed by atoms with Crippen LogP contribution in [0.3, 0.4) is 0 Å². The molecule has 4 heteroatoms. The van der Waals surface area contributed by atoms with E-state index in [-0.39, 0.29) is 0 Å². The van der Waals surface area contributed by atoms with Gasteiger partial charge in [0.05, 0.1) is 5.56 Å². The van der Waals surface area contributed by atoms with Crippen LogP contribution in [-0.4, -0.2) is 15.1 Å². The van der Waals surface area contributed by atoms with E-state index in [1.807, 2.05) is 6.07 Å². The highest BCUT2D eigenvalue weighted by Crippen LogP contribution is 2.19. The summed E-state index contributed by atoms with van der Waals surface area (Å²) in [6.45, 7) is 6.44. The van der Waals surface area contributed by atoms with E-state index in [9.17, 15) is 0 Å². The number of aryl methyl sites for hydroxylation is 1. The Bertz CT molecular complexity index is 463. The molecule has 0 aliphatic heterocycles. The molecular formula is C12H15N3O. The van der Waals surface area contributed by atoms with E-state index in [0.717, 1.165) is 17.7 Å². The molecule has 0 atom stereocenters. The van der Waals surface area contributed by atoms with Gasteiger partial charge in [0, 0.05) is 11.9 Å². The summed E-state index contributed by atoms with van der Waals surface area (Å²) < 4.78 is 4.99. The van der Waals surface area contributed by atoms with Crippen LogP contribution in [0.15, 0.2) is 23.1 Å². The van der Waals surface area contributed by atoms with Crippen molar-refractivity contribution >= 4 is 0 Å². The van der Waals surface area contributed by atoms with Gasteiger partial charge in [0.25, 0.3) is 5.89 Å². The molecule has 0 amide bonds. The fraction of sp³-hybridized carbons (Fsp3) is 0.417. The normalized spacial score (nSPS) is 11.0. The minimum Gasteiger partial charge on any atom is -0.334 e. The molecule has 16 heavy (non-hydrogen) atoms. The second-order valence-electron chi connectivity index (χ2n) is 4.33. The minimum absolute atomic E-state index is 0.520. The standard InChI is InChI=1S/C12H15N3O/c1-8(2)4-11-9(3)5-10(6-13-11)12-14-7-15-16-12/h5-8H,4H2,1-3H3. The van der Waals surface area contributed by atoms with Crippen LogP contribution in [0, 0.1) is 12.8 Å². The highest BCUT2D eigenvalue weighted by molar-refractivity contribution is 5.52. The summed E-state index contributed by atoms with van der Waals surface area (Å²) in [7, 11) is 0. The Morgan fingerprint density at radius 1 is 1.31 bits per heavy atom. The first-order valence-electron chi connectivity index (χ1n) is 5.39.